The molecule has 0 atom stereocenters. The van der Waals surface area contributed by atoms with Gasteiger partial charge in [0.05, 0.1) is 0 Å². The van der Waals surface area contributed by atoms with Crippen LogP contribution in [0, 0.1) is 0 Å². The molecule has 0 aliphatic heterocycles. The Kier molecular flexibility index (Phi) is 10.2. The summed E-state index contributed by atoms with van der Waals surface area (Å²) >= 11 is 0. The second-order valence-corrected chi connectivity index (χ2v) is 17.6. The van der Waals surface area contributed by atoms with Crippen molar-refractivity contribution in [3.63, 3.8) is 0 Å². The molecule has 10 aromatic carbocycles. The second-order valence-electron chi connectivity index (χ2n) is 17.6. The first kappa shape index (κ1) is 39.4. The van der Waals surface area contributed by atoms with Gasteiger partial charge in [0.2, 0.25) is 0 Å². The maximum Gasteiger partial charge on any atom is 0.0467 e. The van der Waals surface area contributed by atoms with Gasteiger partial charge in [0.1, 0.15) is 0 Å². The van der Waals surface area contributed by atoms with E-state index < -0.39 is 0 Å². The lowest BCUT2D eigenvalue weighted by atomic mass is 9.75. The molecule has 0 radical (unpaired) electrons. The molecule has 0 unspecified atom stereocenters. The summed E-state index contributed by atoms with van der Waals surface area (Å²) in [6.45, 7) is 0. The number of aryl methyl sites for hydroxylation is 4. The van der Waals surface area contributed by atoms with Crippen LogP contribution in [-0.2, 0) is 25.7 Å². The van der Waals surface area contributed by atoms with Gasteiger partial charge in [-0.2, -0.15) is 0 Å². The van der Waals surface area contributed by atoms with Gasteiger partial charge in [0, 0.05) is 34.1 Å². The highest BCUT2D eigenvalue weighted by molar-refractivity contribution is 5.90. The molecule has 0 saturated carbocycles. The predicted molar refractivity (Wildman–Crippen MR) is 278 cm³/mol. The third kappa shape index (κ3) is 7.47. The Morgan fingerprint density at radius 3 is 0.606 bits per heavy atom. The van der Waals surface area contributed by atoms with E-state index in [2.05, 4.69) is 252 Å². The molecule has 0 bridgehead atoms. The standard InChI is InChI=1S/C64H48N2/c1-5-13-45(14-6-1)49-25-33-57(34-26-49)65(58-35-27-50(28-36-58)46-15-7-2-8-16-46)61-41-53-21-23-55-43-62(44-56-24-22-54(42-61)63(53)64(55)56)66(59-37-29-51(30-38-59)47-17-9-3-10-18-47)60-39-31-52(32-40-60)48-19-11-4-12-20-48/h1-20,25-44H,21-24H2. The summed E-state index contributed by atoms with van der Waals surface area (Å²) in [6.07, 6.45) is 3.99. The summed E-state index contributed by atoms with van der Waals surface area (Å²) in [5.41, 5.74) is 25.5. The summed E-state index contributed by atoms with van der Waals surface area (Å²) in [5.74, 6) is 0. The molecule has 10 aromatic rings. The van der Waals surface area contributed by atoms with Gasteiger partial charge >= 0.3 is 0 Å². The van der Waals surface area contributed by atoms with Crippen molar-refractivity contribution < 1.29 is 0 Å². The van der Waals surface area contributed by atoms with E-state index in [0.717, 1.165) is 48.4 Å². The number of anilines is 6. The molecule has 2 nitrogen and oxygen atoms in total. The SMILES string of the molecule is c1ccc(-c2ccc(N(c3ccc(-c4ccccc4)cc3)c3cc4c5c(c3)CCc3cc(N(c6ccc(-c7ccccc7)cc6)c6ccc(-c7ccccc7)cc6)cc(c3-5)CC4)cc2)cc1. The van der Waals surface area contributed by atoms with Crippen molar-refractivity contribution in [1.82, 2.24) is 0 Å². The van der Waals surface area contributed by atoms with E-state index in [1.54, 1.807) is 0 Å². The number of hydrogen-bond acceptors (Lipinski definition) is 2. The van der Waals surface area contributed by atoms with Crippen LogP contribution in [0.25, 0.3) is 55.6 Å². The fourth-order valence-corrected chi connectivity index (χ4v) is 10.4. The summed E-state index contributed by atoms with van der Waals surface area (Å²) in [6, 6.07) is 88.9. The molecule has 2 aliphatic carbocycles. The van der Waals surface area contributed by atoms with Crippen molar-refractivity contribution in [3.05, 3.63) is 265 Å². The Morgan fingerprint density at radius 2 is 0.394 bits per heavy atom. The highest BCUT2D eigenvalue weighted by atomic mass is 15.1. The summed E-state index contributed by atoms with van der Waals surface area (Å²) in [4.78, 5) is 4.91. The van der Waals surface area contributed by atoms with E-state index in [0.29, 0.717) is 0 Å². The van der Waals surface area contributed by atoms with Crippen molar-refractivity contribution in [2.24, 2.45) is 0 Å². The summed E-state index contributed by atoms with van der Waals surface area (Å²) in [7, 11) is 0. The molecule has 2 aliphatic rings. The predicted octanol–water partition coefficient (Wildman–Crippen LogP) is 17.2. The van der Waals surface area contributed by atoms with Gasteiger partial charge in [-0.25, -0.2) is 0 Å². The van der Waals surface area contributed by atoms with E-state index in [1.165, 1.54) is 89.3 Å². The molecule has 66 heavy (non-hydrogen) atoms. The van der Waals surface area contributed by atoms with Gasteiger partial charge in [0.15, 0.2) is 0 Å². The largest absolute Gasteiger partial charge is 0.310 e. The van der Waals surface area contributed by atoms with Crippen molar-refractivity contribution in [3.8, 4) is 55.6 Å². The summed E-state index contributed by atoms with van der Waals surface area (Å²) < 4.78 is 0. The lowest BCUT2D eigenvalue weighted by Gasteiger charge is -2.34. The molecular formula is C64H48N2. The monoisotopic (exact) mass is 844 g/mol. The van der Waals surface area contributed by atoms with Crippen LogP contribution in [0.15, 0.2) is 243 Å². The quantitative estimate of drug-likeness (QED) is 0.135. The molecular weight excluding hydrogens is 797 g/mol. The van der Waals surface area contributed by atoms with Gasteiger partial charge in [-0.1, -0.05) is 170 Å². The van der Waals surface area contributed by atoms with E-state index in [-0.39, 0.29) is 0 Å². The zero-order chi connectivity index (χ0) is 43.8. The number of nitrogens with zero attached hydrogens (tertiary/aromatic N) is 2. The Balaban J connectivity index is 0.934. The van der Waals surface area contributed by atoms with Gasteiger partial charge in [-0.15, -0.1) is 0 Å². The van der Waals surface area contributed by atoms with Crippen LogP contribution in [0.3, 0.4) is 0 Å². The lowest BCUT2D eigenvalue weighted by molar-refractivity contribution is 0.875. The molecule has 0 amide bonds. The normalized spacial score (nSPS) is 12.3. The van der Waals surface area contributed by atoms with Gasteiger partial charge < -0.3 is 9.80 Å². The molecule has 314 valence electrons. The Labute approximate surface area is 388 Å². The third-order valence-corrected chi connectivity index (χ3v) is 13.6. The van der Waals surface area contributed by atoms with E-state index in [9.17, 15) is 0 Å². The number of benzene rings is 10. The Morgan fingerprint density at radius 1 is 0.197 bits per heavy atom. The minimum atomic E-state index is 0.997. The first-order chi connectivity index (χ1) is 32.7. The number of hydrogen-bond donors (Lipinski definition) is 0. The zero-order valence-corrected chi connectivity index (χ0v) is 36.8. The van der Waals surface area contributed by atoms with Crippen molar-refractivity contribution in [1.29, 1.82) is 0 Å². The third-order valence-electron chi connectivity index (χ3n) is 13.6. The highest BCUT2D eigenvalue weighted by Crippen LogP contribution is 2.49. The Bertz CT molecular complexity index is 2840. The highest BCUT2D eigenvalue weighted by Gasteiger charge is 2.29. The van der Waals surface area contributed by atoms with Crippen LogP contribution in [0.1, 0.15) is 22.3 Å². The molecule has 0 saturated heterocycles. The number of rotatable bonds is 10. The van der Waals surface area contributed by atoms with Crippen LogP contribution < -0.4 is 9.80 Å². The average Bonchev–Trinajstić information content (AvgIpc) is 3.40. The fraction of sp³-hybridized carbons (Fsp3) is 0.0625. The van der Waals surface area contributed by atoms with Gasteiger partial charge in [-0.3, -0.25) is 0 Å². The van der Waals surface area contributed by atoms with Crippen molar-refractivity contribution in [2.45, 2.75) is 25.7 Å². The average molecular weight is 845 g/mol. The molecule has 0 aromatic heterocycles. The Hall–Kier alpha value is -8.20. The van der Waals surface area contributed by atoms with Gasteiger partial charge in [-0.05, 0) is 176 Å². The maximum absolute atomic E-state index is 2.48. The van der Waals surface area contributed by atoms with E-state index in [4.69, 9.17) is 0 Å². The minimum absolute atomic E-state index is 0.997. The lowest BCUT2D eigenvalue weighted by Crippen LogP contribution is -2.18. The molecule has 2 heteroatoms. The smallest absolute Gasteiger partial charge is 0.0467 e. The van der Waals surface area contributed by atoms with Crippen molar-refractivity contribution in [2.75, 3.05) is 9.80 Å². The first-order valence-corrected chi connectivity index (χ1v) is 23.2. The summed E-state index contributed by atoms with van der Waals surface area (Å²) in [5, 5.41) is 0. The van der Waals surface area contributed by atoms with Crippen LogP contribution in [0.4, 0.5) is 34.1 Å². The van der Waals surface area contributed by atoms with Gasteiger partial charge in [0.25, 0.3) is 0 Å². The molecule has 0 heterocycles. The van der Waals surface area contributed by atoms with Crippen molar-refractivity contribution >= 4 is 34.1 Å². The van der Waals surface area contributed by atoms with E-state index >= 15 is 0 Å². The van der Waals surface area contributed by atoms with Crippen LogP contribution in [0.2, 0.25) is 0 Å². The van der Waals surface area contributed by atoms with Crippen LogP contribution in [-0.4, -0.2) is 0 Å². The van der Waals surface area contributed by atoms with E-state index in [1.807, 2.05) is 0 Å². The molecule has 12 rings (SSSR count). The topological polar surface area (TPSA) is 6.48 Å². The maximum atomic E-state index is 2.48. The molecule has 0 spiro atoms. The first-order valence-electron chi connectivity index (χ1n) is 23.2. The second kappa shape index (κ2) is 17.1. The van der Waals surface area contributed by atoms with Crippen LogP contribution in [0.5, 0.6) is 0 Å². The fourth-order valence-electron chi connectivity index (χ4n) is 10.4. The zero-order valence-electron chi connectivity index (χ0n) is 36.8. The molecule has 0 fully saturated rings. The van der Waals surface area contributed by atoms with Crippen LogP contribution >= 0.6 is 0 Å². The molecule has 0 N–H and O–H groups in total. The minimum Gasteiger partial charge on any atom is -0.310 e.